The monoisotopic (exact) mass is 212 g/mol. The SMILES string of the molecule is C=C(C)C.O=C(O)/C=C\C(=O)O.[H-].[K+]. The van der Waals surface area contributed by atoms with Crippen LogP contribution in [0, 0.1) is 0 Å². The first-order chi connectivity index (χ1) is 5.36. The second kappa shape index (κ2) is 12.1. The molecule has 0 amide bonds. The molecule has 0 fully saturated rings. The minimum Gasteiger partial charge on any atom is -1.00 e. The Balaban J connectivity index is -0.0000000733. The number of aliphatic carboxylic acids is 2. The Labute approximate surface area is 121 Å². The molecular weight excluding hydrogens is 199 g/mol. The number of hydrogen-bond acceptors (Lipinski definition) is 2. The van der Waals surface area contributed by atoms with Crippen molar-refractivity contribution in [1.29, 1.82) is 0 Å². The van der Waals surface area contributed by atoms with E-state index in [9.17, 15) is 9.59 Å². The van der Waals surface area contributed by atoms with Crippen LogP contribution in [-0.2, 0) is 9.59 Å². The quantitative estimate of drug-likeness (QED) is 0.329. The molecule has 0 aromatic heterocycles. The molecule has 0 aromatic rings. The van der Waals surface area contributed by atoms with Crippen LogP contribution in [0.4, 0.5) is 0 Å². The summed E-state index contributed by atoms with van der Waals surface area (Å²) in [6, 6.07) is 0. The molecule has 4 nitrogen and oxygen atoms in total. The van der Waals surface area contributed by atoms with Crippen LogP contribution >= 0.6 is 0 Å². The standard InChI is InChI=1S/C4H4O4.C4H8.K.H/c5-3(6)1-2-4(7)8;1-4(2)3;;/h1-2H,(H,5,6)(H,7,8);1H2,2-3H3;;/q;;+1;-1/b2-1-;;;. The first kappa shape index (κ1) is 18.8. The largest absolute Gasteiger partial charge is 1.00 e. The molecule has 0 rings (SSSR count). The third kappa shape index (κ3) is 47.7. The number of carbonyl (C=O) groups is 2. The zero-order valence-corrected chi connectivity index (χ0v) is 11.2. The summed E-state index contributed by atoms with van der Waals surface area (Å²) < 4.78 is 0. The van der Waals surface area contributed by atoms with E-state index >= 15 is 0 Å². The molecule has 2 N–H and O–H groups in total. The predicted octanol–water partition coefficient (Wildman–Crippen LogP) is -1.59. The maximum Gasteiger partial charge on any atom is 1.00 e. The second-order valence-corrected chi connectivity index (χ2v) is 2.22. The molecule has 0 bridgehead atoms. The number of carboxylic acids is 2. The molecule has 0 radical (unpaired) electrons. The third-order valence-corrected chi connectivity index (χ3v) is 0.368. The molecule has 0 aliphatic heterocycles. The van der Waals surface area contributed by atoms with E-state index in [0.29, 0.717) is 12.2 Å². The van der Waals surface area contributed by atoms with Crippen molar-refractivity contribution >= 4 is 11.9 Å². The number of rotatable bonds is 2. The van der Waals surface area contributed by atoms with E-state index in [1.54, 1.807) is 0 Å². The van der Waals surface area contributed by atoms with E-state index in [4.69, 9.17) is 10.2 Å². The first-order valence-electron chi connectivity index (χ1n) is 3.12. The predicted molar refractivity (Wildman–Crippen MR) is 46.0 cm³/mol. The summed E-state index contributed by atoms with van der Waals surface area (Å²) in [5.41, 5.74) is 1.17. The average molecular weight is 212 g/mol. The van der Waals surface area contributed by atoms with Crippen LogP contribution in [0.15, 0.2) is 24.3 Å². The van der Waals surface area contributed by atoms with Gasteiger partial charge in [0.25, 0.3) is 0 Å². The van der Waals surface area contributed by atoms with Crippen molar-refractivity contribution < 1.29 is 72.6 Å². The smallest absolute Gasteiger partial charge is 1.00 e. The van der Waals surface area contributed by atoms with Crippen LogP contribution in [0.1, 0.15) is 15.3 Å². The van der Waals surface area contributed by atoms with Gasteiger partial charge in [0.15, 0.2) is 0 Å². The molecule has 70 valence electrons. The molecule has 13 heavy (non-hydrogen) atoms. The molecular formula is C8H13KO4. The van der Waals surface area contributed by atoms with Gasteiger partial charge in [0.05, 0.1) is 0 Å². The Kier molecular flexibility index (Phi) is 17.4. The number of hydrogen-bond donors (Lipinski definition) is 2. The van der Waals surface area contributed by atoms with E-state index in [1.807, 2.05) is 13.8 Å². The fraction of sp³-hybridized carbons (Fsp3) is 0.250. The van der Waals surface area contributed by atoms with Gasteiger partial charge >= 0.3 is 63.3 Å². The summed E-state index contributed by atoms with van der Waals surface area (Å²) in [6.45, 7) is 7.50. The summed E-state index contributed by atoms with van der Waals surface area (Å²) in [5, 5.41) is 15.6. The van der Waals surface area contributed by atoms with Gasteiger partial charge in [-0.3, -0.25) is 0 Å². The fourth-order valence-electron chi connectivity index (χ4n) is 0.143. The summed E-state index contributed by atoms with van der Waals surface area (Å²) >= 11 is 0. The van der Waals surface area contributed by atoms with Gasteiger partial charge in [0.1, 0.15) is 0 Å². The Morgan fingerprint density at radius 1 is 1.15 bits per heavy atom. The van der Waals surface area contributed by atoms with E-state index in [1.165, 1.54) is 5.57 Å². The van der Waals surface area contributed by atoms with Crippen molar-refractivity contribution in [2.45, 2.75) is 13.8 Å². The van der Waals surface area contributed by atoms with Crippen molar-refractivity contribution in [2.24, 2.45) is 0 Å². The topological polar surface area (TPSA) is 74.6 Å². The summed E-state index contributed by atoms with van der Waals surface area (Å²) in [6.07, 6.45) is 1.12. The van der Waals surface area contributed by atoms with E-state index in [0.717, 1.165) is 0 Å². The van der Waals surface area contributed by atoms with Crippen molar-refractivity contribution in [3.8, 4) is 0 Å². The van der Waals surface area contributed by atoms with Crippen LogP contribution < -0.4 is 51.4 Å². The maximum atomic E-state index is 9.55. The van der Waals surface area contributed by atoms with Crippen molar-refractivity contribution in [2.75, 3.05) is 0 Å². The molecule has 0 unspecified atom stereocenters. The average Bonchev–Trinajstić information content (AvgIpc) is 1.82. The van der Waals surface area contributed by atoms with E-state index in [2.05, 4.69) is 6.58 Å². The number of carboxylic acid groups (broad SMARTS) is 2. The van der Waals surface area contributed by atoms with E-state index in [-0.39, 0.29) is 52.8 Å². The molecule has 0 heterocycles. The van der Waals surface area contributed by atoms with Crippen LogP contribution in [0.5, 0.6) is 0 Å². The second-order valence-electron chi connectivity index (χ2n) is 2.22. The molecule has 0 aliphatic carbocycles. The Morgan fingerprint density at radius 2 is 1.31 bits per heavy atom. The van der Waals surface area contributed by atoms with Gasteiger partial charge < -0.3 is 11.6 Å². The third-order valence-electron chi connectivity index (χ3n) is 0.368. The zero-order chi connectivity index (χ0) is 10.1. The minimum atomic E-state index is -1.26. The molecule has 5 heteroatoms. The molecule has 0 saturated carbocycles. The summed E-state index contributed by atoms with van der Waals surface area (Å²) in [4.78, 5) is 19.1. The zero-order valence-electron chi connectivity index (χ0n) is 9.07. The molecule has 0 aliphatic rings. The van der Waals surface area contributed by atoms with Gasteiger partial charge in [0, 0.05) is 12.2 Å². The van der Waals surface area contributed by atoms with Crippen LogP contribution in [0.25, 0.3) is 0 Å². The van der Waals surface area contributed by atoms with Crippen molar-refractivity contribution in [3.05, 3.63) is 24.3 Å². The summed E-state index contributed by atoms with van der Waals surface area (Å²) in [5.74, 6) is -2.51. The van der Waals surface area contributed by atoms with Crippen molar-refractivity contribution in [3.63, 3.8) is 0 Å². The van der Waals surface area contributed by atoms with Gasteiger partial charge in [-0.2, -0.15) is 0 Å². The van der Waals surface area contributed by atoms with Gasteiger partial charge in [-0.25, -0.2) is 9.59 Å². The molecule has 0 saturated heterocycles. The summed E-state index contributed by atoms with van der Waals surface area (Å²) in [7, 11) is 0. The Morgan fingerprint density at radius 3 is 1.38 bits per heavy atom. The molecule has 0 aromatic carbocycles. The van der Waals surface area contributed by atoms with Gasteiger partial charge in [0.2, 0.25) is 0 Å². The molecule has 0 atom stereocenters. The maximum absolute atomic E-state index is 9.55. The van der Waals surface area contributed by atoms with Crippen LogP contribution in [0.2, 0.25) is 0 Å². The van der Waals surface area contributed by atoms with Crippen LogP contribution in [-0.4, -0.2) is 22.2 Å². The normalized spacial score (nSPS) is 7.85. The number of allylic oxidation sites excluding steroid dienone is 1. The Hall–Kier alpha value is 0.0564. The first-order valence-corrected chi connectivity index (χ1v) is 3.12. The minimum absolute atomic E-state index is 0. The fourth-order valence-corrected chi connectivity index (χ4v) is 0.143. The van der Waals surface area contributed by atoms with Gasteiger partial charge in [-0.15, -0.1) is 6.58 Å². The van der Waals surface area contributed by atoms with E-state index < -0.39 is 11.9 Å². The van der Waals surface area contributed by atoms with Crippen molar-refractivity contribution in [1.82, 2.24) is 0 Å². The molecule has 0 spiro atoms. The Bertz CT molecular complexity index is 193. The van der Waals surface area contributed by atoms with Gasteiger partial charge in [-0.05, 0) is 13.8 Å². The van der Waals surface area contributed by atoms with Crippen LogP contribution in [0.3, 0.4) is 0 Å². The van der Waals surface area contributed by atoms with Gasteiger partial charge in [-0.1, -0.05) is 5.57 Å².